The molecule has 1 atom stereocenters. The van der Waals surface area contributed by atoms with E-state index in [2.05, 4.69) is 16.2 Å². The molecule has 3 N–H and O–H groups in total. The molecule has 2 aromatic carbocycles. The molecule has 1 aliphatic rings. The number of nitrogens with one attached hydrogen (secondary N) is 3. The fourth-order valence-electron chi connectivity index (χ4n) is 3.02. The molecule has 2 aromatic rings. The van der Waals surface area contributed by atoms with E-state index in [1.165, 1.54) is 28.6 Å². The van der Waals surface area contributed by atoms with Crippen molar-refractivity contribution in [2.45, 2.75) is 24.8 Å². The van der Waals surface area contributed by atoms with E-state index in [1.807, 2.05) is 25.1 Å². The summed E-state index contributed by atoms with van der Waals surface area (Å²) in [6.07, 6.45) is 0. The first kappa shape index (κ1) is 22.9. The van der Waals surface area contributed by atoms with Crippen LogP contribution in [0.4, 0.5) is 5.69 Å². The Balaban J connectivity index is 1.60. The van der Waals surface area contributed by atoms with Crippen molar-refractivity contribution in [1.82, 2.24) is 15.2 Å². The normalized spacial score (nSPS) is 15.8. The van der Waals surface area contributed by atoms with Crippen LogP contribution in [0.5, 0.6) is 0 Å². The highest BCUT2D eigenvalue weighted by molar-refractivity contribution is 7.89. The smallest absolute Gasteiger partial charge is 0.265 e. The highest BCUT2D eigenvalue weighted by Gasteiger charge is 2.27. The van der Waals surface area contributed by atoms with E-state index in [-0.39, 0.29) is 29.5 Å². The molecule has 2 amide bonds. The lowest BCUT2D eigenvalue weighted by Crippen LogP contribution is -2.48. The van der Waals surface area contributed by atoms with Crippen molar-refractivity contribution in [3.8, 4) is 0 Å². The molecule has 0 bridgehead atoms. The lowest BCUT2D eigenvalue weighted by molar-refractivity contribution is -0.117. The van der Waals surface area contributed by atoms with E-state index < -0.39 is 22.0 Å². The SMILES string of the molecule is Cc1cccc(NC(=O)[C@@H](C)NNC(=O)c2cccc(S(=O)(=O)N3CCOCC3)c2)c1. The van der Waals surface area contributed by atoms with Crippen molar-refractivity contribution in [2.24, 2.45) is 0 Å². The molecule has 0 unspecified atom stereocenters. The summed E-state index contributed by atoms with van der Waals surface area (Å²) in [4.78, 5) is 24.8. The zero-order valence-corrected chi connectivity index (χ0v) is 18.2. The van der Waals surface area contributed by atoms with Crippen molar-refractivity contribution in [3.05, 3.63) is 59.7 Å². The Hall–Kier alpha value is -2.79. The summed E-state index contributed by atoms with van der Waals surface area (Å²) in [7, 11) is -3.71. The Labute approximate surface area is 181 Å². The first-order chi connectivity index (χ1) is 14.8. The van der Waals surface area contributed by atoms with Gasteiger partial charge in [-0.25, -0.2) is 13.8 Å². The van der Waals surface area contributed by atoms with Crippen LogP contribution in [0.3, 0.4) is 0 Å². The predicted octanol–water partition coefficient (Wildman–Crippen LogP) is 1.28. The van der Waals surface area contributed by atoms with Gasteiger partial charge in [-0.2, -0.15) is 4.31 Å². The number of morpholine rings is 1. The number of nitrogens with zero attached hydrogens (tertiary/aromatic N) is 1. The number of carbonyl (C=O) groups is 2. The van der Waals surface area contributed by atoms with E-state index in [0.717, 1.165) is 5.56 Å². The lowest BCUT2D eigenvalue weighted by atomic mass is 10.2. The van der Waals surface area contributed by atoms with E-state index in [0.29, 0.717) is 18.9 Å². The average molecular weight is 447 g/mol. The van der Waals surface area contributed by atoms with Crippen LogP contribution in [-0.4, -0.2) is 56.9 Å². The van der Waals surface area contributed by atoms with Gasteiger partial charge >= 0.3 is 0 Å². The van der Waals surface area contributed by atoms with Gasteiger partial charge in [0.1, 0.15) is 6.04 Å². The largest absolute Gasteiger partial charge is 0.379 e. The van der Waals surface area contributed by atoms with Crippen LogP contribution in [-0.2, 0) is 19.6 Å². The first-order valence-corrected chi connectivity index (χ1v) is 11.3. The van der Waals surface area contributed by atoms with Crippen LogP contribution in [0.15, 0.2) is 53.4 Å². The number of ether oxygens (including phenoxy) is 1. The molecular formula is C21H26N4O5S. The van der Waals surface area contributed by atoms with Crippen LogP contribution in [0, 0.1) is 6.92 Å². The molecule has 31 heavy (non-hydrogen) atoms. The number of benzene rings is 2. The molecule has 1 saturated heterocycles. The number of sulfonamides is 1. The van der Waals surface area contributed by atoms with Gasteiger partial charge in [-0.15, -0.1) is 0 Å². The third-order valence-corrected chi connectivity index (χ3v) is 6.68. The fourth-order valence-corrected chi connectivity index (χ4v) is 4.47. The Bertz CT molecular complexity index is 1050. The second-order valence-corrected chi connectivity index (χ2v) is 9.16. The molecular weight excluding hydrogens is 420 g/mol. The van der Waals surface area contributed by atoms with Crippen LogP contribution in [0.25, 0.3) is 0 Å². The third kappa shape index (κ3) is 5.88. The second-order valence-electron chi connectivity index (χ2n) is 7.22. The number of carbonyl (C=O) groups excluding carboxylic acids is 2. The van der Waals surface area contributed by atoms with Gasteiger partial charge in [0, 0.05) is 24.3 Å². The molecule has 0 spiro atoms. The first-order valence-electron chi connectivity index (χ1n) is 9.89. The summed E-state index contributed by atoms with van der Waals surface area (Å²) in [5.41, 5.74) is 6.94. The van der Waals surface area contributed by atoms with Crippen LogP contribution in [0.1, 0.15) is 22.8 Å². The molecule has 0 saturated carbocycles. The predicted molar refractivity (Wildman–Crippen MR) is 116 cm³/mol. The zero-order chi connectivity index (χ0) is 22.4. The van der Waals surface area contributed by atoms with Crippen LogP contribution in [0.2, 0.25) is 0 Å². The standard InChI is InChI=1S/C21H26N4O5S/c1-15-5-3-7-18(13-15)22-20(26)16(2)23-24-21(27)17-6-4-8-19(14-17)31(28,29)25-9-11-30-12-10-25/h3-8,13-14,16,23H,9-12H2,1-2H3,(H,22,26)(H,24,27)/t16-/m1/s1. The number of hydrogen-bond donors (Lipinski definition) is 3. The van der Waals surface area contributed by atoms with Crippen molar-refractivity contribution in [2.75, 3.05) is 31.6 Å². The minimum atomic E-state index is -3.71. The molecule has 1 aliphatic heterocycles. The maximum Gasteiger partial charge on any atom is 0.265 e. The Morgan fingerprint density at radius 3 is 2.48 bits per heavy atom. The highest BCUT2D eigenvalue weighted by Crippen LogP contribution is 2.18. The quantitative estimate of drug-likeness (QED) is 0.552. The topological polar surface area (TPSA) is 117 Å². The van der Waals surface area contributed by atoms with Crippen molar-refractivity contribution >= 4 is 27.5 Å². The van der Waals surface area contributed by atoms with E-state index >= 15 is 0 Å². The molecule has 0 aromatic heterocycles. The molecule has 1 fully saturated rings. The summed E-state index contributed by atoms with van der Waals surface area (Å²) < 4.78 is 32.1. The van der Waals surface area contributed by atoms with Gasteiger partial charge in [0.25, 0.3) is 5.91 Å². The molecule has 0 radical (unpaired) electrons. The number of aryl methyl sites for hydroxylation is 1. The average Bonchev–Trinajstić information content (AvgIpc) is 2.78. The van der Waals surface area contributed by atoms with E-state index in [9.17, 15) is 18.0 Å². The Kier molecular flexibility index (Phi) is 7.39. The van der Waals surface area contributed by atoms with Gasteiger partial charge in [-0.05, 0) is 49.7 Å². The Morgan fingerprint density at radius 2 is 1.77 bits per heavy atom. The number of hydrazine groups is 1. The Morgan fingerprint density at radius 1 is 1.06 bits per heavy atom. The summed E-state index contributed by atoms with van der Waals surface area (Å²) in [5.74, 6) is -0.872. The molecule has 1 heterocycles. The zero-order valence-electron chi connectivity index (χ0n) is 17.4. The summed E-state index contributed by atoms with van der Waals surface area (Å²) in [6, 6.07) is 12.4. The maximum absolute atomic E-state index is 12.8. The molecule has 10 heteroatoms. The van der Waals surface area contributed by atoms with Gasteiger partial charge in [0.2, 0.25) is 15.9 Å². The number of amides is 2. The van der Waals surface area contributed by atoms with Gasteiger partial charge in [0.15, 0.2) is 0 Å². The van der Waals surface area contributed by atoms with Gasteiger partial charge in [0.05, 0.1) is 18.1 Å². The second kappa shape index (κ2) is 10.0. The van der Waals surface area contributed by atoms with E-state index in [1.54, 1.807) is 13.0 Å². The molecule has 166 valence electrons. The summed E-state index contributed by atoms with van der Waals surface area (Å²) in [5, 5.41) is 2.76. The third-order valence-electron chi connectivity index (χ3n) is 4.79. The van der Waals surface area contributed by atoms with E-state index in [4.69, 9.17) is 4.74 Å². The summed E-state index contributed by atoms with van der Waals surface area (Å²) in [6.45, 7) is 4.75. The molecule has 0 aliphatic carbocycles. The van der Waals surface area contributed by atoms with Gasteiger partial charge in [-0.3, -0.25) is 15.0 Å². The lowest BCUT2D eigenvalue weighted by Gasteiger charge is -2.26. The van der Waals surface area contributed by atoms with Crippen molar-refractivity contribution < 1.29 is 22.7 Å². The number of rotatable bonds is 7. The molecule has 9 nitrogen and oxygen atoms in total. The highest BCUT2D eigenvalue weighted by atomic mass is 32.2. The van der Waals surface area contributed by atoms with Crippen molar-refractivity contribution in [1.29, 1.82) is 0 Å². The maximum atomic E-state index is 12.8. The van der Waals surface area contributed by atoms with Gasteiger partial charge in [-0.1, -0.05) is 18.2 Å². The number of anilines is 1. The minimum Gasteiger partial charge on any atom is -0.379 e. The number of hydrogen-bond acceptors (Lipinski definition) is 6. The van der Waals surface area contributed by atoms with Crippen LogP contribution < -0.4 is 16.2 Å². The fraction of sp³-hybridized carbons (Fsp3) is 0.333. The van der Waals surface area contributed by atoms with Crippen molar-refractivity contribution in [3.63, 3.8) is 0 Å². The minimum absolute atomic E-state index is 0.0345. The van der Waals surface area contributed by atoms with Gasteiger partial charge < -0.3 is 10.1 Å². The summed E-state index contributed by atoms with van der Waals surface area (Å²) >= 11 is 0. The monoisotopic (exact) mass is 446 g/mol. The molecule has 3 rings (SSSR count). The van der Waals surface area contributed by atoms with Crippen LogP contribution >= 0.6 is 0 Å².